The van der Waals surface area contributed by atoms with Gasteiger partial charge in [0.2, 0.25) is 0 Å². The number of anilines is 3. The summed E-state index contributed by atoms with van der Waals surface area (Å²) >= 11 is 0. The first-order chi connectivity index (χ1) is 15.0. The highest BCUT2D eigenvalue weighted by Crippen LogP contribution is 2.34. The highest BCUT2D eigenvalue weighted by molar-refractivity contribution is 6.01. The number of amides is 2. The summed E-state index contributed by atoms with van der Waals surface area (Å²) in [6.45, 7) is 0.792. The summed E-state index contributed by atoms with van der Waals surface area (Å²) < 4.78 is 33.9. The van der Waals surface area contributed by atoms with Crippen LogP contribution < -0.4 is 16.0 Å². The molecule has 2 amide bonds. The van der Waals surface area contributed by atoms with Gasteiger partial charge in [0.05, 0.1) is 35.9 Å². The largest absolute Gasteiger partial charge is 0.370 e. The van der Waals surface area contributed by atoms with Crippen LogP contribution >= 0.6 is 0 Å². The van der Waals surface area contributed by atoms with Crippen LogP contribution in [0.4, 0.5) is 26.0 Å². The Kier molecular flexibility index (Phi) is 5.50. The summed E-state index contributed by atoms with van der Waals surface area (Å²) in [6.07, 6.45) is 2.57. The Bertz CT molecular complexity index is 1140. The van der Waals surface area contributed by atoms with Crippen LogP contribution in [0.15, 0.2) is 42.7 Å². The number of hydrogen-bond acceptors (Lipinski definition) is 7. The maximum atomic E-state index is 14.4. The average molecular weight is 426 g/mol. The van der Waals surface area contributed by atoms with E-state index < -0.39 is 23.1 Å². The molecule has 1 aliphatic rings. The second-order valence-corrected chi connectivity index (χ2v) is 6.57. The number of carbonyl (C=O) groups excluding carboxylic acids is 2. The fraction of sp³-hybridized carbons (Fsp3) is 0.150. The minimum absolute atomic E-state index is 0.0117. The Hall–Kier alpha value is -3.99. The van der Waals surface area contributed by atoms with Crippen LogP contribution in [-0.2, 0) is 9.53 Å². The number of pyridine rings is 1. The van der Waals surface area contributed by atoms with Crippen molar-refractivity contribution in [1.29, 1.82) is 0 Å². The molecule has 1 aromatic carbocycles. The number of hydrogen-bond donors (Lipinski definition) is 2. The van der Waals surface area contributed by atoms with Crippen LogP contribution in [-0.4, -0.2) is 46.8 Å². The van der Waals surface area contributed by atoms with E-state index in [1.54, 1.807) is 12.1 Å². The van der Waals surface area contributed by atoms with Gasteiger partial charge in [-0.15, -0.1) is 5.10 Å². The monoisotopic (exact) mass is 426 g/mol. The molecule has 4 rings (SSSR count). The van der Waals surface area contributed by atoms with E-state index in [9.17, 15) is 18.4 Å². The number of carbonyl (C=O) groups is 2. The maximum Gasteiger partial charge on any atom is 0.271 e. The number of nitrogens with one attached hydrogen (secondary N) is 1. The minimum Gasteiger partial charge on any atom is -0.370 e. The molecule has 0 unspecified atom stereocenters. The van der Waals surface area contributed by atoms with Gasteiger partial charge < -0.3 is 20.7 Å². The molecular weight excluding hydrogens is 410 g/mol. The van der Waals surface area contributed by atoms with Gasteiger partial charge in [-0.3, -0.25) is 9.59 Å². The molecule has 0 atom stereocenters. The lowest BCUT2D eigenvalue weighted by molar-refractivity contribution is -0.125. The SMILES string of the molecule is NC(=O)c1nncc(-c2c(F)cccc2F)c1Nc1ccc(N2CCOCC2=O)cn1. The molecule has 0 saturated carbocycles. The third kappa shape index (κ3) is 4.03. The lowest BCUT2D eigenvalue weighted by atomic mass is 10.0. The van der Waals surface area contributed by atoms with Crippen molar-refractivity contribution in [1.82, 2.24) is 15.2 Å². The van der Waals surface area contributed by atoms with E-state index in [1.807, 2.05) is 0 Å². The first-order valence-electron chi connectivity index (χ1n) is 9.16. The number of nitrogens with two attached hydrogens (primary N) is 1. The third-order valence-electron chi connectivity index (χ3n) is 4.61. The summed E-state index contributed by atoms with van der Waals surface area (Å²) in [5.74, 6) is -2.59. The highest BCUT2D eigenvalue weighted by Gasteiger charge is 2.23. The Morgan fingerprint density at radius 2 is 1.94 bits per heavy atom. The molecule has 1 fully saturated rings. The molecule has 0 radical (unpaired) electrons. The molecular formula is C20H16F2N6O3. The number of ether oxygens (including phenoxy) is 1. The van der Waals surface area contributed by atoms with Crippen molar-refractivity contribution < 1.29 is 23.1 Å². The smallest absolute Gasteiger partial charge is 0.271 e. The predicted octanol–water partition coefficient (Wildman–Crippen LogP) is 2.02. The molecule has 11 heteroatoms. The number of aromatic nitrogens is 3. The van der Waals surface area contributed by atoms with E-state index >= 15 is 0 Å². The van der Waals surface area contributed by atoms with Gasteiger partial charge in [0.25, 0.3) is 11.8 Å². The van der Waals surface area contributed by atoms with Crippen molar-refractivity contribution in [3.8, 4) is 11.1 Å². The normalized spacial score (nSPS) is 13.9. The molecule has 0 bridgehead atoms. The Morgan fingerprint density at radius 3 is 2.58 bits per heavy atom. The summed E-state index contributed by atoms with van der Waals surface area (Å²) in [4.78, 5) is 29.6. The van der Waals surface area contributed by atoms with Crippen LogP contribution in [0.1, 0.15) is 10.5 Å². The predicted molar refractivity (Wildman–Crippen MR) is 107 cm³/mol. The Labute approximate surface area is 174 Å². The first kappa shape index (κ1) is 20.3. The fourth-order valence-corrected chi connectivity index (χ4v) is 3.17. The first-order valence-corrected chi connectivity index (χ1v) is 9.16. The molecule has 1 aliphatic heterocycles. The van der Waals surface area contributed by atoms with Crippen molar-refractivity contribution in [3.63, 3.8) is 0 Å². The molecule has 0 spiro atoms. The summed E-state index contributed by atoms with van der Waals surface area (Å²) in [7, 11) is 0. The van der Waals surface area contributed by atoms with Gasteiger partial charge in [-0.05, 0) is 24.3 Å². The summed E-state index contributed by atoms with van der Waals surface area (Å²) in [5.41, 5.74) is 5.14. The van der Waals surface area contributed by atoms with Crippen LogP contribution in [0, 0.1) is 11.6 Å². The van der Waals surface area contributed by atoms with Crippen molar-refractivity contribution in [2.24, 2.45) is 5.73 Å². The number of nitrogens with zero attached hydrogens (tertiary/aromatic N) is 4. The Morgan fingerprint density at radius 1 is 1.16 bits per heavy atom. The van der Waals surface area contributed by atoms with Gasteiger partial charge in [0, 0.05) is 12.1 Å². The van der Waals surface area contributed by atoms with Crippen LogP contribution in [0.5, 0.6) is 0 Å². The maximum absolute atomic E-state index is 14.4. The van der Waals surface area contributed by atoms with Crippen LogP contribution in [0.3, 0.4) is 0 Å². The highest BCUT2D eigenvalue weighted by atomic mass is 19.1. The van der Waals surface area contributed by atoms with Crippen molar-refractivity contribution in [2.75, 3.05) is 30.0 Å². The zero-order valence-electron chi connectivity index (χ0n) is 16.0. The van der Waals surface area contributed by atoms with Gasteiger partial charge in [-0.1, -0.05) is 6.07 Å². The average Bonchev–Trinajstić information content (AvgIpc) is 2.75. The molecule has 3 N–H and O–H groups in total. The van der Waals surface area contributed by atoms with Crippen molar-refractivity contribution in [3.05, 3.63) is 60.1 Å². The number of primary amides is 1. The Balaban J connectivity index is 1.73. The lowest BCUT2D eigenvalue weighted by Crippen LogP contribution is -2.41. The quantitative estimate of drug-likeness (QED) is 0.640. The standard InChI is InChI=1S/C20H16F2N6O3/c21-13-2-1-3-14(22)17(13)12-9-25-27-19(20(23)30)18(12)26-15-5-4-11(8-24-15)28-6-7-31-10-16(28)29/h1-5,8-9H,6-7,10H2,(H2,23,30)(H,24,25,26). The molecule has 0 aliphatic carbocycles. The van der Waals surface area contributed by atoms with E-state index in [0.717, 1.165) is 18.3 Å². The summed E-state index contributed by atoms with van der Waals surface area (Å²) in [6, 6.07) is 6.57. The van der Waals surface area contributed by atoms with Gasteiger partial charge >= 0.3 is 0 Å². The lowest BCUT2D eigenvalue weighted by Gasteiger charge is -2.26. The number of benzene rings is 1. The van der Waals surface area contributed by atoms with Gasteiger partial charge in [-0.2, -0.15) is 5.10 Å². The molecule has 2 aromatic heterocycles. The second kappa shape index (κ2) is 8.40. The van der Waals surface area contributed by atoms with E-state index in [1.165, 1.54) is 17.2 Å². The molecule has 3 heterocycles. The van der Waals surface area contributed by atoms with Gasteiger partial charge in [0.1, 0.15) is 24.1 Å². The van der Waals surface area contributed by atoms with E-state index in [4.69, 9.17) is 10.5 Å². The zero-order chi connectivity index (χ0) is 22.0. The number of rotatable bonds is 5. The third-order valence-corrected chi connectivity index (χ3v) is 4.61. The topological polar surface area (TPSA) is 123 Å². The van der Waals surface area contributed by atoms with E-state index in [2.05, 4.69) is 20.5 Å². The van der Waals surface area contributed by atoms with Gasteiger partial charge in [0.15, 0.2) is 5.69 Å². The molecule has 3 aromatic rings. The molecule has 1 saturated heterocycles. The number of halogens is 2. The zero-order valence-corrected chi connectivity index (χ0v) is 16.0. The molecule has 9 nitrogen and oxygen atoms in total. The second-order valence-electron chi connectivity index (χ2n) is 6.57. The fourth-order valence-electron chi connectivity index (χ4n) is 3.17. The van der Waals surface area contributed by atoms with Crippen LogP contribution in [0.25, 0.3) is 11.1 Å². The molecule has 31 heavy (non-hydrogen) atoms. The van der Waals surface area contributed by atoms with E-state index in [0.29, 0.717) is 18.8 Å². The molecule has 158 valence electrons. The summed E-state index contributed by atoms with van der Waals surface area (Å²) in [5, 5.41) is 10.2. The van der Waals surface area contributed by atoms with Crippen molar-refractivity contribution in [2.45, 2.75) is 0 Å². The van der Waals surface area contributed by atoms with Gasteiger partial charge in [-0.25, -0.2) is 13.8 Å². The van der Waals surface area contributed by atoms with Crippen LogP contribution in [0.2, 0.25) is 0 Å². The number of morpholine rings is 1. The van der Waals surface area contributed by atoms with E-state index in [-0.39, 0.29) is 35.3 Å². The minimum atomic E-state index is -0.941. The van der Waals surface area contributed by atoms with Crippen molar-refractivity contribution >= 4 is 29.0 Å².